The van der Waals surface area contributed by atoms with Crippen LogP contribution in [0.25, 0.3) is 11.5 Å². The van der Waals surface area contributed by atoms with Gasteiger partial charge in [-0.3, -0.25) is 4.79 Å². The molecule has 0 aliphatic heterocycles. The maximum absolute atomic E-state index is 12.1. The highest BCUT2D eigenvalue weighted by Gasteiger charge is 2.07. The predicted molar refractivity (Wildman–Crippen MR) is 81.8 cm³/mol. The van der Waals surface area contributed by atoms with Gasteiger partial charge in [-0.1, -0.05) is 15.9 Å². The summed E-state index contributed by atoms with van der Waals surface area (Å²) in [7, 11) is 0. The van der Waals surface area contributed by atoms with E-state index < -0.39 is 0 Å². The summed E-state index contributed by atoms with van der Waals surface area (Å²) in [6, 6.07) is 14.4. The third-order valence-corrected chi connectivity index (χ3v) is 3.38. The molecule has 1 amide bonds. The lowest BCUT2D eigenvalue weighted by atomic mass is 10.2. The lowest BCUT2D eigenvalue weighted by Gasteiger charge is -2.05. The zero-order valence-corrected chi connectivity index (χ0v) is 12.4. The minimum Gasteiger partial charge on any atom is -0.423 e. The van der Waals surface area contributed by atoms with E-state index in [4.69, 9.17) is 4.42 Å². The lowest BCUT2D eigenvalue weighted by molar-refractivity contribution is 0.102. The molecule has 5 nitrogen and oxygen atoms in total. The Morgan fingerprint density at radius 3 is 2.38 bits per heavy atom. The molecular formula is C15H10BrN3O2. The van der Waals surface area contributed by atoms with Crippen molar-refractivity contribution in [1.29, 1.82) is 0 Å². The molecule has 0 atom stereocenters. The van der Waals surface area contributed by atoms with Crippen molar-refractivity contribution in [1.82, 2.24) is 10.2 Å². The molecule has 0 radical (unpaired) electrons. The molecule has 0 unspecified atom stereocenters. The van der Waals surface area contributed by atoms with Gasteiger partial charge in [0.15, 0.2) is 0 Å². The Kier molecular flexibility index (Phi) is 3.79. The maximum Gasteiger partial charge on any atom is 0.255 e. The summed E-state index contributed by atoms with van der Waals surface area (Å²) in [6.45, 7) is 0. The van der Waals surface area contributed by atoms with Crippen molar-refractivity contribution in [2.75, 3.05) is 5.32 Å². The zero-order valence-electron chi connectivity index (χ0n) is 10.8. The largest absolute Gasteiger partial charge is 0.423 e. The minimum atomic E-state index is -0.159. The molecule has 0 aliphatic carbocycles. The van der Waals surface area contributed by atoms with Crippen LogP contribution < -0.4 is 5.32 Å². The van der Waals surface area contributed by atoms with Crippen molar-refractivity contribution in [3.63, 3.8) is 0 Å². The molecule has 0 saturated carbocycles. The highest BCUT2D eigenvalue weighted by atomic mass is 79.9. The van der Waals surface area contributed by atoms with E-state index in [1.54, 1.807) is 24.3 Å². The Hall–Kier alpha value is -2.47. The van der Waals surface area contributed by atoms with Crippen LogP contribution in [0.4, 0.5) is 5.69 Å². The molecule has 0 saturated heterocycles. The normalized spacial score (nSPS) is 10.3. The Labute approximate surface area is 129 Å². The van der Waals surface area contributed by atoms with E-state index in [0.29, 0.717) is 17.1 Å². The summed E-state index contributed by atoms with van der Waals surface area (Å²) in [5.41, 5.74) is 2.10. The van der Waals surface area contributed by atoms with Gasteiger partial charge in [0.1, 0.15) is 0 Å². The fourth-order valence-electron chi connectivity index (χ4n) is 1.80. The van der Waals surface area contributed by atoms with Crippen LogP contribution in [0.3, 0.4) is 0 Å². The summed E-state index contributed by atoms with van der Waals surface area (Å²) in [6.07, 6.45) is 1.28. The first-order chi connectivity index (χ1) is 10.2. The van der Waals surface area contributed by atoms with Gasteiger partial charge in [0.25, 0.3) is 5.91 Å². The van der Waals surface area contributed by atoms with Gasteiger partial charge in [0.05, 0.1) is 0 Å². The first-order valence-corrected chi connectivity index (χ1v) is 6.95. The number of hydrogen-bond donors (Lipinski definition) is 1. The van der Waals surface area contributed by atoms with E-state index in [-0.39, 0.29) is 5.91 Å². The SMILES string of the molecule is O=C(Nc1ccc(-c2nnco2)cc1)c1ccc(Br)cc1. The van der Waals surface area contributed by atoms with Gasteiger partial charge in [0, 0.05) is 21.3 Å². The van der Waals surface area contributed by atoms with E-state index in [9.17, 15) is 4.79 Å². The van der Waals surface area contributed by atoms with Crippen molar-refractivity contribution in [3.8, 4) is 11.5 Å². The van der Waals surface area contributed by atoms with Crippen molar-refractivity contribution >= 4 is 27.5 Å². The van der Waals surface area contributed by atoms with Crippen LogP contribution in [0.5, 0.6) is 0 Å². The fourth-order valence-corrected chi connectivity index (χ4v) is 2.06. The van der Waals surface area contributed by atoms with Crippen molar-refractivity contribution in [2.24, 2.45) is 0 Å². The van der Waals surface area contributed by atoms with Crippen LogP contribution in [-0.4, -0.2) is 16.1 Å². The van der Waals surface area contributed by atoms with Crippen LogP contribution >= 0.6 is 15.9 Å². The van der Waals surface area contributed by atoms with Crippen LogP contribution in [0.2, 0.25) is 0 Å². The van der Waals surface area contributed by atoms with Crippen molar-refractivity contribution < 1.29 is 9.21 Å². The van der Waals surface area contributed by atoms with Gasteiger partial charge < -0.3 is 9.73 Å². The average Bonchev–Trinajstić information content (AvgIpc) is 3.03. The molecule has 0 spiro atoms. The molecule has 1 N–H and O–H groups in total. The Morgan fingerprint density at radius 1 is 1.05 bits per heavy atom. The molecule has 1 heterocycles. The minimum absolute atomic E-state index is 0.159. The molecule has 6 heteroatoms. The number of carbonyl (C=O) groups is 1. The van der Waals surface area contributed by atoms with E-state index in [1.165, 1.54) is 6.39 Å². The Morgan fingerprint density at radius 2 is 1.76 bits per heavy atom. The van der Waals surface area contributed by atoms with Crippen LogP contribution in [-0.2, 0) is 0 Å². The Bertz CT molecular complexity index is 738. The summed E-state index contributed by atoms with van der Waals surface area (Å²) in [4.78, 5) is 12.1. The van der Waals surface area contributed by atoms with Crippen LogP contribution in [0.1, 0.15) is 10.4 Å². The molecule has 1 aromatic heterocycles. The molecular weight excluding hydrogens is 334 g/mol. The van der Waals surface area contributed by atoms with Gasteiger partial charge in [-0.25, -0.2) is 0 Å². The summed E-state index contributed by atoms with van der Waals surface area (Å²) in [5, 5.41) is 10.3. The van der Waals surface area contributed by atoms with E-state index in [2.05, 4.69) is 31.4 Å². The number of aromatic nitrogens is 2. The second-order valence-electron chi connectivity index (χ2n) is 4.28. The quantitative estimate of drug-likeness (QED) is 0.786. The molecule has 0 fully saturated rings. The highest BCUT2D eigenvalue weighted by molar-refractivity contribution is 9.10. The second kappa shape index (κ2) is 5.88. The number of anilines is 1. The Balaban J connectivity index is 1.73. The molecule has 104 valence electrons. The van der Waals surface area contributed by atoms with E-state index >= 15 is 0 Å². The van der Waals surface area contributed by atoms with Crippen molar-refractivity contribution in [3.05, 3.63) is 65.0 Å². The average molecular weight is 344 g/mol. The first kappa shape index (κ1) is 13.5. The standard InChI is InChI=1S/C15H10BrN3O2/c16-12-5-1-10(2-6-12)14(20)18-13-7-3-11(4-8-13)15-19-17-9-21-15/h1-9H,(H,18,20). The number of rotatable bonds is 3. The molecule has 2 aromatic carbocycles. The van der Waals surface area contributed by atoms with E-state index in [1.807, 2.05) is 24.3 Å². The maximum atomic E-state index is 12.1. The van der Waals surface area contributed by atoms with Gasteiger partial charge in [-0.2, -0.15) is 0 Å². The monoisotopic (exact) mass is 343 g/mol. The third-order valence-electron chi connectivity index (χ3n) is 2.86. The summed E-state index contributed by atoms with van der Waals surface area (Å²) >= 11 is 3.34. The van der Waals surface area contributed by atoms with Crippen LogP contribution in [0, 0.1) is 0 Å². The highest BCUT2D eigenvalue weighted by Crippen LogP contribution is 2.19. The molecule has 3 rings (SSSR count). The number of nitrogens with zero attached hydrogens (tertiary/aromatic N) is 2. The zero-order chi connectivity index (χ0) is 14.7. The van der Waals surface area contributed by atoms with Gasteiger partial charge in [-0.15, -0.1) is 10.2 Å². The smallest absolute Gasteiger partial charge is 0.255 e. The molecule has 3 aromatic rings. The molecule has 21 heavy (non-hydrogen) atoms. The number of halogens is 1. The van der Waals surface area contributed by atoms with Gasteiger partial charge in [-0.05, 0) is 48.5 Å². The van der Waals surface area contributed by atoms with E-state index in [0.717, 1.165) is 10.0 Å². The van der Waals surface area contributed by atoms with Crippen molar-refractivity contribution in [2.45, 2.75) is 0 Å². The predicted octanol–water partition coefficient (Wildman–Crippen LogP) is 3.75. The first-order valence-electron chi connectivity index (χ1n) is 6.16. The fraction of sp³-hybridized carbons (Fsp3) is 0. The number of amides is 1. The van der Waals surface area contributed by atoms with Gasteiger partial charge >= 0.3 is 0 Å². The topological polar surface area (TPSA) is 68.0 Å². The number of benzene rings is 2. The second-order valence-corrected chi connectivity index (χ2v) is 5.20. The number of carbonyl (C=O) groups excluding carboxylic acids is 1. The number of hydrogen-bond acceptors (Lipinski definition) is 4. The lowest BCUT2D eigenvalue weighted by Crippen LogP contribution is -2.11. The molecule has 0 aliphatic rings. The third kappa shape index (κ3) is 3.17. The summed E-state index contributed by atoms with van der Waals surface area (Å²) in [5.74, 6) is 0.286. The van der Waals surface area contributed by atoms with Gasteiger partial charge in [0.2, 0.25) is 12.3 Å². The summed E-state index contributed by atoms with van der Waals surface area (Å²) < 4.78 is 6.04. The number of nitrogens with one attached hydrogen (secondary N) is 1. The van der Waals surface area contributed by atoms with Crippen LogP contribution in [0.15, 0.2) is 63.8 Å². The molecule has 0 bridgehead atoms.